The zero-order valence-electron chi connectivity index (χ0n) is 16.4. The maximum atomic E-state index is 3.43. The van der Waals surface area contributed by atoms with Crippen LogP contribution in [-0.2, 0) is 0 Å². The van der Waals surface area contributed by atoms with Gasteiger partial charge in [0.15, 0.2) is 0 Å². The largest absolute Gasteiger partial charge is 0.299 e. The third-order valence-corrected chi connectivity index (χ3v) is 7.60. The first-order valence-electron chi connectivity index (χ1n) is 9.68. The van der Waals surface area contributed by atoms with E-state index in [2.05, 4.69) is 122 Å². The highest BCUT2D eigenvalue weighted by atomic mass is 31.1. The van der Waals surface area contributed by atoms with Crippen LogP contribution in [0.4, 0.5) is 0 Å². The van der Waals surface area contributed by atoms with Crippen LogP contribution in [0.2, 0.25) is 0 Å². The Bertz CT molecular complexity index is 934. The summed E-state index contributed by atoms with van der Waals surface area (Å²) in [5.74, 6) is 0. The van der Waals surface area contributed by atoms with E-state index in [1.54, 1.807) is 0 Å². The Morgan fingerprint density at radius 2 is 1.54 bits per heavy atom. The zero-order chi connectivity index (χ0) is 19.3. The highest BCUT2D eigenvalue weighted by molar-refractivity contribution is 7.77. The molecule has 1 radical (unpaired) electrons. The molecule has 0 spiro atoms. The van der Waals surface area contributed by atoms with E-state index in [0.29, 0.717) is 0 Å². The maximum absolute atomic E-state index is 3.43. The van der Waals surface area contributed by atoms with Gasteiger partial charge in [-0.15, -0.1) is 5.73 Å². The van der Waals surface area contributed by atoms with Gasteiger partial charge in [-0.3, -0.25) is 4.90 Å². The topological polar surface area (TPSA) is 3.24 Å². The Labute approximate surface area is 169 Å². The molecule has 1 atom stereocenters. The van der Waals surface area contributed by atoms with Crippen molar-refractivity contribution in [2.24, 2.45) is 0 Å². The van der Waals surface area contributed by atoms with Gasteiger partial charge in [0.25, 0.3) is 0 Å². The van der Waals surface area contributed by atoms with Gasteiger partial charge in [0.05, 0.1) is 6.04 Å². The summed E-state index contributed by atoms with van der Waals surface area (Å²) in [5, 5.41) is 4.17. The number of nitrogens with zero attached hydrogens (tertiary/aromatic N) is 1. The average molecular weight is 382 g/mol. The van der Waals surface area contributed by atoms with Gasteiger partial charge in [0.2, 0.25) is 0 Å². The van der Waals surface area contributed by atoms with E-state index in [4.69, 9.17) is 0 Å². The second-order valence-electron chi connectivity index (χ2n) is 7.23. The van der Waals surface area contributed by atoms with Crippen LogP contribution in [0.15, 0.2) is 113 Å². The minimum atomic E-state index is -0.621. The third kappa shape index (κ3) is 3.89. The summed E-state index contributed by atoms with van der Waals surface area (Å²) in [6.45, 7) is 0. The Kier molecular flexibility index (Phi) is 5.89. The summed E-state index contributed by atoms with van der Waals surface area (Å²) in [5.41, 5.74) is 6.24. The van der Waals surface area contributed by atoms with E-state index in [1.807, 2.05) is 0 Å². The van der Waals surface area contributed by atoms with Crippen LogP contribution in [0.5, 0.6) is 0 Å². The van der Waals surface area contributed by atoms with Crippen molar-refractivity contribution in [1.29, 1.82) is 0 Å². The van der Waals surface area contributed by atoms with Gasteiger partial charge in [-0.25, -0.2) is 0 Å². The van der Waals surface area contributed by atoms with Crippen LogP contribution in [0.1, 0.15) is 6.42 Å². The second kappa shape index (κ2) is 8.72. The Morgan fingerprint density at radius 1 is 0.893 bits per heavy atom. The molecule has 0 heterocycles. The molecule has 0 amide bonds. The van der Waals surface area contributed by atoms with Crippen LogP contribution in [0.3, 0.4) is 0 Å². The summed E-state index contributed by atoms with van der Waals surface area (Å²) in [7, 11) is 3.73. The van der Waals surface area contributed by atoms with E-state index < -0.39 is 7.92 Å². The van der Waals surface area contributed by atoms with Gasteiger partial charge in [0, 0.05) is 6.42 Å². The van der Waals surface area contributed by atoms with Crippen LogP contribution in [-0.4, -0.2) is 25.0 Å². The molecule has 0 N–H and O–H groups in total. The zero-order valence-corrected chi connectivity index (χ0v) is 17.3. The minimum Gasteiger partial charge on any atom is -0.299 e. The fourth-order valence-corrected chi connectivity index (χ4v) is 6.35. The Hall–Kier alpha value is -2.43. The second-order valence-corrected chi connectivity index (χ2v) is 9.42. The van der Waals surface area contributed by atoms with E-state index in [1.165, 1.54) is 27.1 Å². The molecule has 2 heteroatoms. The number of allylic oxidation sites excluding steroid dienone is 4. The summed E-state index contributed by atoms with van der Waals surface area (Å²) < 4.78 is 0. The molecular formula is C26H25NP. The van der Waals surface area contributed by atoms with Crippen LogP contribution >= 0.6 is 7.92 Å². The number of hydrogen-bond acceptors (Lipinski definition) is 1. The molecule has 0 saturated heterocycles. The molecule has 28 heavy (non-hydrogen) atoms. The molecule has 0 unspecified atom stereocenters. The van der Waals surface area contributed by atoms with Crippen molar-refractivity contribution >= 4 is 18.5 Å². The highest BCUT2D eigenvalue weighted by Gasteiger charge is 2.28. The predicted octanol–water partition coefficient (Wildman–Crippen LogP) is 5.12. The summed E-state index contributed by atoms with van der Waals surface area (Å²) >= 11 is 0. The fourth-order valence-electron chi connectivity index (χ4n) is 3.90. The van der Waals surface area contributed by atoms with E-state index in [9.17, 15) is 0 Å². The fraction of sp³-hybridized carbons (Fsp3) is 0.154. The number of likely N-dealkylation sites (N-methyl/N-ethyl adjacent to an activating group) is 1. The molecule has 2 aliphatic rings. The maximum Gasteiger partial charge on any atom is 0.0572 e. The predicted molar refractivity (Wildman–Crippen MR) is 122 cm³/mol. The van der Waals surface area contributed by atoms with Crippen molar-refractivity contribution in [3.05, 3.63) is 120 Å². The number of rotatable bonds is 6. The van der Waals surface area contributed by atoms with Gasteiger partial charge in [-0.2, -0.15) is 0 Å². The van der Waals surface area contributed by atoms with Gasteiger partial charge < -0.3 is 0 Å². The van der Waals surface area contributed by atoms with Crippen LogP contribution < -0.4 is 10.6 Å². The standard InChI is InChI=1S/C26H25NP/c1-27(2)26(21-13-6-3-7-14-21)24-19-12-20-25(24)28(22-15-8-4-9-16-22)23-17-10-5-11-18-23/h3-11,13,15-20,26H,14H2,1-2H3/t26-/m0/s1. The molecule has 2 aliphatic carbocycles. The molecule has 0 aromatic heterocycles. The molecule has 2 aromatic rings. The third-order valence-electron chi connectivity index (χ3n) is 5.10. The van der Waals surface area contributed by atoms with Crippen LogP contribution in [0.25, 0.3) is 0 Å². The van der Waals surface area contributed by atoms with E-state index in [0.717, 1.165) is 6.42 Å². The van der Waals surface area contributed by atoms with Gasteiger partial charge in [-0.05, 0) is 67.7 Å². The van der Waals surface area contributed by atoms with Crippen molar-refractivity contribution in [2.75, 3.05) is 14.1 Å². The minimum absolute atomic E-state index is 0.264. The Morgan fingerprint density at radius 3 is 2.07 bits per heavy atom. The van der Waals surface area contributed by atoms with E-state index >= 15 is 0 Å². The molecule has 0 bridgehead atoms. The first kappa shape index (κ1) is 18.9. The Balaban J connectivity index is 1.84. The smallest absolute Gasteiger partial charge is 0.0572 e. The number of hydrogen-bond donors (Lipinski definition) is 0. The quantitative estimate of drug-likeness (QED) is 0.495. The summed E-state index contributed by atoms with van der Waals surface area (Å²) in [6, 6.07) is 22.1. The molecule has 0 saturated carbocycles. The SMILES string of the molecule is CN(C)[C@@H](C1=C[CH]C=CC1)C1=C(P(c2ccccc2)c2ccccc2)C=C=C1. The van der Waals surface area contributed by atoms with Crippen molar-refractivity contribution in [3.63, 3.8) is 0 Å². The first-order chi connectivity index (χ1) is 13.8. The lowest BCUT2D eigenvalue weighted by atomic mass is 9.92. The molecular weight excluding hydrogens is 357 g/mol. The lowest BCUT2D eigenvalue weighted by molar-refractivity contribution is 0.366. The molecule has 0 aliphatic heterocycles. The monoisotopic (exact) mass is 382 g/mol. The van der Waals surface area contributed by atoms with Gasteiger partial charge in [0.1, 0.15) is 0 Å². The van der Waals surface area contributed by atoms with Crippen molar-refractivity contribution < 1.29 is 0 Å². The van der Waals surface area contributed by atoms with Crippen molar-refractivity contribution in [3.8, 4) is 0 Å². The average Bonchev–Trinajstić information content (AvgIpc) is 3.19. The van der Waals surface area contributed by atoms with Crippen molar-refractivity contribution in [1.82, 2.24) is 4.90 Å². The summed E-state index contributed by atoms with van der Waals surface area (Å²) in [4.78, 5) is 2.33. The molecule has 1 nitrogen and oxygen atoms in total. The first-order valence-corrected chi connectivity index (χ1v) is 11.0. The number of benzene rings is 2. The summed E-state index contributed by atoms with van der Waals surface area (Å²) in [6.07, 6.45) is 14.2. The van der Waals surface area contributed by atoms with E-state index in [-0.39, 0.29) is 6.04 Å². The molecule has 139 valence electrons. The normalized spacial score (nSPS) is 16.9. The van der Waals surface area contributed by atoms with Gasteiger partial charge >= 0.3 is 0 Å². The lowest BCUT2D eigenvalue weighted by Gasteiger charge is -2.31. The highest BCUT2D eigenvalue weighted by Crippen LogP contribution is 2.48. The molecule has 4 rings (SSSR count). The van der Waals surface area contributed by atoms with Crippen LogP contribution in [0, 0.1) is 6.42 Å². The van der Waals surface area contributed by atoms with Gasteiger partial charge in [-0.1, -0.05) is 78.9 Å². The molecule has 0 fully saturated rings. The lowest BCUT2D eigenvalue weighted by Crippen LogP contribution is -2.32. The molecule has 2 aromatic carbocycles. The van der Waals surface area contributed by atoms with Crippen molar-refractivity contribution in [2.45, 2.75) is 12.5 Å².